The molecule has 4 aliphatic heterocycles. The van der Waals surface area contributed by atoms with Gasteiger partial charge in [0.25, 0.3) is 11.8 Å². The number of benzene rings is 4. The second-order valence-electron chi connectivity index (χ2n) is 14.4. The quantitative estimate of drug-likeness (QED) is 0.185. The lowest BCUT2D eigenvalue weighted by atomic mass is 9.92. The van der Waals surface area contributed by atoms with Crippen molar-refractivity contribution in [2.45, 2.75) is 44.8 Å². The first-order valence-electron chi connectivity index (χ1n) is 18.6. The van der Waals surface area contributed by atoms with Crippen LogP contribution in [0.25, 0.3) is 11.3 Å². The summed E-state index contributed by atoms with van der Waals surface area (Å²) in [5.41, 5.74) is 6.44. The van der Waals surface area contributed by atoms with Crippen molar-refractivity contribution >= 4 is 35.6 Å². The summed E-state index contributed by atoms with van der Waals surface area (Å²) in [6.07, 6.45) is 3.20. The average molecular weight is 765 g/mol. The largest absolute Gasteiger partial charge is 0.508 e. The smallest absolute Gasteiger partial charge is 0.264 e. The van der Waals surface area contributed by atoms with Crippen LogP contribution < -0.4 is 14.4 Å². The second kappa shape index (κ2) is 15.4. The molecule has 0 unspecified atom stereocenters. The third-order valence-electron chi connectivity index (χ3n) is 11.1. The van der Waals surface area contributed by atoms with Crippen LogP contribution in [0.15, 0.2) is 91.0 Å². The molecule has 4 aromatic carbocycles. The molecule has 9 rings (SSSR count). The minimum Gasteiger partial charge on any atom is -0.508 e. The molecule has 1 aromatic heterocycles. The molecule has 1 saturated heterocycles. The van der Waals surface area contributed by atoms with E-state index in [9.17, 15) is 14.3 Å². The van der Waals surface area contributed by atoms with Crippen molar-refractivity contribution in [1.82, 2.24) is 14.4 Å². The number of halogens is 2. The van der Waals surface area contributed by atoms with Crippen molar-refractivity contribution in [2.75, 3.05) is 44.5 Å². The van der Waals surface area contributed by atoms with Crippen LogP contribution >= 0.6 is 12.4 Å². The molecule has 4 aliphatic rings. The number of carbonyl (C=O) groups excluding carboxylic acids is 2. The van der Waals surface area contributed by atoms with Gasteiger partial charge in [-0.15, -0.1) is 12.4 Å². The number of hydrogen-bond acceptors (Lipinski definition) is 7. The molecule has 284 valence electrons. The molecule has 1 N–H and O–H groups in total. The molecule has 55 heavy (non-hydrogen) atoms. The zero-order valence-corrected chi connectivity index (χ0v) is 31.1. The Kier molecular flexibility index (Phi) is 10.3. The van der Waals surface area contributed by atoms with Crippen molar-refractivity contribution in [1.29, 1.82) is 0 Å². The third-order valence-corrected chi connectivity index (χ3v) is 11.1. The van der Waals surface area contributed by atoms with Crippen LogP contribution in [-0.4, -0.2) is 77.0 Å². The molecular formula is C43H42ClFN4O6. The number of morpholine rings is 1. The van der Waals surface area contributed by atoms with E-state index < -0.39 is 5.82 Å². The number of phenols is 1. The van der Waals surface area contributed by atoms with Crippen LogP contribution in [0.3, 0.4) is 0 Å². The molecule has 0 aliphatic carbocycles. The lowest BCUT2D eigenvalue weighted by molar-refractivity contribution is 0.0193. The second-order valence-corrected chi connectivity index (χ2v) is 14.4. The Morgan fingerprint density at radius 1 is 0.818 bits per heavy atom. The summed E-state index contributed by atoms with van der Waals surface area (Å²) in [6.45, 7) is 4.91. The van der Waals surface area contributed by atoms with Gasteiger partial charge in [-0.05, 0) is 97.5 Å². The van der Waals surface area contributed by atoms with Crippen LogP contribution in [0.1, 0.15) is 50.4 Å². The maximum absolute atomic E-state index is 15.1. The van der Waals surface area contributed by atoms with E-state index in [2.05, 4.69) is 27.7 Å². The normalized spacial score (nSPS) is 17.5. The lowest BCUT2D eigenvalue weighted by Gasteiger charge is -2.40. The van der Waals surface area contributed by atoms with Crippen LogP contribution in [0, 0.1) is 5.82 Å². The van der Waals surface area contributed by atoms with E-state index in [1.807, 2.05) is 23.1 Å². The summed E-state index contributed by atoms with van der Waals surface area (Å²) in [5, 5.41) is 10.1. The molecule has 0 saturated carbocycles. The van der Waals surface area contributed by atoms with E-state index in [0.29, 0.717) is 72.3 Å². The molecule has 5 aromatic rings. The summed E-state index contributed by atoms with van der Waals surface area (Å²) in [5.74, 6) is 0.184. The zero-order valence-electron chi connectivity index (χ0n) is 30.3. The minimum absolute atomic E-state index is 0. The van der Waals surface area contributed by atoms with Crippen LogP contribution in [0.2, 0.25) is 0 Å². The number of phenolic OH excluding ortho intramolecular Hbond substituents is 1. The number of amides is 2. The van der Waals surface area contributed by atoms with E-state index in [0.717, 1.165) is 55.8 Å². The molecular weight excluding hydrogens is 723 g/mol. The van der Waals surface area contributed by atoms with Crippen LogP contribution in [-0.2, 0) is 30.7 Å². The topological polar surface area (TPSA) is 96.7 Å². The first-order valence-corrected chi connectivity index (χ1v) is 18.6. The minimum atomic E-state index is -0.473. The highest BCUT2D eigenvalue weighted by Gasteiger charge is 2.36. The number of hydrogen-bond donors (Lipinski definition) is 1. The number of fused-ring (bicyclic) bond motifs is 3. The maximum Gasteiger partial charge on any atom is 0.264 e. The fraction of sp³-hybridized carbons (Fsp3) is 0.302. The van der Waals surface area contributed by atoms with Gasteiger partial charge in [-0.1, -0.05) is 30.3 Å². The van der Waals surface area contributed by atoms with Crippen molar-refractivity contribution < 1.29 is 33.3 Å². The Balaban J connectivity index is 0.00000427. The van der Waals surface area contributed by atoms with Gasteiger partial charge in [-0.2, -0.15) is 0 Å². The summed E-state index contributed by atoms with van der Waals surface area (Å²) >= 11 is 0. The van der Waals surface area contributed by atoms with Gasteiger partial charge < -0.3 is 28.8 Å². The molecule has 0 bridgehead atoms. The molecule has 10 nitrogen and oxygen atoms in total. The molecule has 1 fully saturated rings. The van der Waals surface area contributed by atoms with E-state index in [-0.39, 0.29) is 42.8 Å². The van der Waals surface area contributed by atoms with Gasteiger partial charge in [-0.3, -0.25) is 19.4 Å². The highest BCUT2D eigenvalue weighted by atomic mass is 35.5. The number of carbonyl (C=O) groups is 2. The molecule has 5 heterocycles. The molecule has 2 amide bonds. The molecule has 12 heteroatoms. The number of anilines is 2. The Labute approximate surface area is 325 Å². The number of aromatic hydroxyl groups is 1. The Morgan fingerprint density at radius 3 is 2.36 bits per heavy atom. The zero-order chi connectivity index (χ0) is 36.8. The van der Waals surface area contributed by atoms with E-state index in [4.69, 9.17) is 14.2 Å². The highest BCUT2D eigenvalue weighted by molar-refractivity contribution is 6.12. The predicted octanol–water partition coefficient (Wildman–Crippen LogP) is 7.36. The summed E-state index contributed by atoms with van der Waals surface area (Å²) in [7, 11) is 0. The van der Waals surface area contributed by atoms with Crippen molar-refractivity contribution in [2.24, 2.45) is 0 Å². The van der Waals surface area contributed by atoms with Crippen molar-refractivity contribution in [3.63, 3.8) is 0 Å². The van der Waals surface area contributed by atoms with Crippen LogP contribution in [0.5, 0.6) is 17.2 Å². The van der Waals surface area contributed by atoms with Gasteiger partial charge in [0, 0.05) is 61.4 Å². The Bertz CT molecular complexity index is 2240. The summed E-state index contributed by atoms with van der Waals surface area (Å²) in [4.78, 5) is 35.9. The highest BCUT2D eigenvalue weighted by Crippen LogP contribution is 2.43. The van der Waals surface area contributed by atoms with Gasteiger partial charge in [0.1, 0.15) is 11.6 Å². The van der Waals surface area contributed by atoms with Gasteiger partial charge in [-0.25, -0.2) is 4.39 Å². The predicted molar refractivity (Wildman–Crippen MR) is 208 cm³/mol. The fourth-order valence-corrected chi connectivity index (χ4v) is 8.36. The van der Waals surface area contributed by atoms with Crippen molar-refractivity contribution in [3.8, 4) is 28.5 Å². The summed E-state index contributed by atoms with van der Waals surface area (Å²) < 4.78 is 34.2. The number of nitrogens with zero attached hydrogens (tertiary/aromatic N) is 4. The SMILES string of the molecule is Cl.O=C(c1cc(-c2cc3c(cc2C(=O)N2Cc4ccccc4C[C@H]2CN2CCOCC2)OCO3)n2c1CCCC2)N(c1ccc(O)cc1)c1cccc(F)c1. The van der Waals surface area contributed by atoms with Crippen molar-refractivity contribution in [3.05, 3.63) is 125 Å². The van der Waals surface area contributed by atoms with E-state index >= 15 is 4.79 Å². The first kappa shape index (κ1) is 36.6. The monoisotopic (exact) mass is 764 g/mol. The molecule has 1 atom stereocenters. The first-order chi connectivity index (χ1) is 26.4. The van der Waals surface area contributed by atoms with Gasteiger partial charge in [0.05, 0.1) is 30.0 Å². The fourth-order valence-electron chi connectivity index (χ4n) is 8.36. The average Bonchev–Trinajstić information content (AvgIpc) is 3.83. The third kappa shape index (κ3) is 7.03. The van der Waals surface area contributed by atoms with Gasteiger partial charge in [0.15, 0.2) is 11.5 Å². The molecule has 0 spiro atoms. The van der Waals surface area contributed by atoms with Crippen LogP contribution in [0.4, 0.5) is 15.8 Å². The standard InChI is InChI=1S/C43H41FN4O6.ClH/c44-30-8-5-9-32(21-30)48(31-11-13-34(49)14-12-31)43(51)37-22-39(46-15-4-3-10-38(37)46)35-23-40-41(54-27-53-40)24-36(35)42(50)47-25-29-7-2-1-6-28(29)20-33(47)26-45-16-18-52-19-17-45;/h1-2,5-9,11-14,21-24,33,49H,3-4,10,15-20,25-27H2;1H/t33-;/m0./s1. The maximum atomic E-state index is 15.1. The van der Waals surface area contributed by atoms with Gasteiger partial charge >= 0.3 is 0 Å². The number of aromatic nitrogens is 1. The van der Waals surface area contributed by atoms with E-state index in [1.165, 1.54) is 34.7 Å². The van der Waals surface area contributed by atoms with Gasteiger partial charge in [0.2, 0.25) is 6.79 Å². The number of ether oxygens (including phenoxy) is 3. The Hall–Kier alpha value is -5.36. The van der Waals surface area contributed by atoms with E-state index in [1.54, 1.807) is 30.3 Å². The lowest BCUT2D eigenvalue weighted by Crippen LogP contribution is -2.52. The molecule has 0 radical (unpaired) electrons. The summed E-state index contributed by atoms with van der Waals surface area (Å²) in [6, 6.07) is 26.0. The number of rotatable bonds is 7. The Morgan fingerprint density at radius 2 is 1.58 bits per heavy atom.